The standard InChI is InChI=1S/C26H30N4O5/c1-15(2)24(23-12-16(3)28-35-23)26(33)30-14-19(31)13-22(30)25(32)29-34-20-9-7-18(8-10-20)21-6-5-11-27-17(21)4/h5-12,15,19,22,24,31H,13-14H2,1-4H3,(H,29,32)/t19-,22+,24+/m1/s1. The van der Waals surface area contributed by atoms with E-state index in [4.69, 9.17) is 9.36 Å². The number of aromatic nitrogens is 2. The van der Waals surface area contributed by atoms with Crippen molar-refractivity contribution in [2.75, 3.05) is 6.54 Å². The number of pyridine rings is 1. The molecule has 0 spiro atoms. The molecular weight excluding hydrogens is 448 g/mol. The van der Waals surface area contributed by atoms with Crippen LogP contribution in [0.3, 0.4) is 0 Å². The normalized spacial score (nSPS) is 18.5. The van der Waals surface area contributed by atoms with Gasteiger partial charge in [0.2, 0.25) is 5.91 Å². The van der Waals surface area contributed by atoms with Gasteiger partial charge >= 0.3 is 0 Å². The van der Waals surface area contributed by atoms with Crippen LogP contribution < -0.4 is 10.3 Å². The van der Waals surface area contributed by atoms with E-state index in [-0.39, 0.29) is 24.8 Å². The van der Waals surface area contributed by atoms with E-state index in [0.29, 0.717) is 17.2 Å². The molecular formula is C26H30N4O5. The van der Waals surface area contributed by atoms with E-state index in [0.717, 1.165) is 16.8 Å². The first-order valence-electron chi connectivity index (χ1n) is 11.6. The Hall–Kier alpha value is -3.72. The molecule has 0 radical (unpaired) electrons. The van der Waals surface area contributed by atoms with Crippen molar-refractivity contribution < 1.29 is 24.1 Å². The van der Waals surface area contributed by atoms with Crippen LogP contribution in [0.1, 0.15) is 43.3 Å². The minimum absolute atomic E-state index is 0.0619. The fourth-order valence-electron chi connectivity index (χ4n) is 4.42. The molecule has 3 atom stereocenters. The third-order valence-corrected chi connectivity index (χ3v) is 6.19. The third-order valence-electron chi connectivity index (χ3n) is 6.19. The van der Waals surface area contributed by atoms with Crippen LogP contribution in [0, 0.1) is 19.8 Å². The Morgan fingerprint density at radius 3 is 2.57 bits per heavy atom. The maximum Gasteiger partial charge on any atom is 0.275 e. The number of carbonyl (C=O) groups excluding carboxylic acids is 2. The van der Waals surface area contributed by atoms with Gasteiger partial charge in [-0.3, -0.25) is 14.6 Å². The maximum absolute atomic E-state index is 13.4. The summed E-state index contributed by atoms with van der Waals surface area (Å²) in [4.78, 5) is 37.6. The molecule has 1 aliphatic heterocycles. The van der Waals surface area contributed by atoms with Crippen LogP contribution >= 0.6 is 0 Å². The van der Waals surface area contributed by atoms with E-state index in [1.54, 1.807) is 31.3 Å². The molecule has 3 aromatic rings. The Kier molecular flexibility index (Phi) is 7.16. The van der Waals surface area contributed by atoms with E-state index in [9.17, 15) is 14.7 Å². The van der Waals surface area contributed by atoms with Gasteiger partial charge in [-0.25, -0.2) is 0 Å². The highest BCUT2D eigenvalue weighted by Gasteiger charge is 2.43. The van der Waals surface area contributed by atoms with Gasteiger partial charge in [0.15, 0.2) is 5.75 Å². The van der Waals surface area contributed by atoms with Crippen LogP contribution in [0.15, 0.2) is 53.2 Å². The number of amides is 2. The van der Waals surface area contributed by atoms with Crippen molar-refractivity contribution in [1.82, 2.24) is 20.5 Å². The molecule has 0 saturated carbocycles. The minimum Gasteiger partial charge on any atom is -0.391 e. The topological polar surface area (TPSA) is 118 Å². The summed E-state index contributed by atoms with van der Waals surface area (Å²) in [6.07, 6.45) is 1.07. The quantitative estimate of drug-likeness (QED) is 0.501. The smallest absolute Gasteiger partial charge is 0.275 e. The summed E-state index contributed by atoms with van der Waals surface area (Å²) in [5, 5.41) is 14.1. The van der Waals surface area contributed by atoms with Gasteiger partial charge in [-0.05, 0) is 43.5 Å². The number of hydrogen-bond donors (Lipinski definition) is 2. The average molecular weight is 479 g/mol. The van der Waals surface area contributed by atoms with E-state index < -0.39 is 24.0 Å². The van der Waals surface area contributed by atoms with Crippen molar-refractivity contribution in [3.05, 3.63) is 65.8 Å². The predicted octanol–water partition coefficient (Wildman–Crippen LogP) is 3.17. The first-order valence-corrected chi connectivity index (χ1v) is 11.6. The van der Waals surface area contributed by atoms with Gasteiger partial charge in [-0.15, -0.1) is 0 Å². The number of hydrogen-bond acceptors (Lipinski definition) is 7. The molecule has 1 saturated heterocycles. The van der Waals surface area contributed by atoms with E-state index in [1.165, 1.54) is 4.90 Å². The number of aliphatic hydroxyl groups excluding tert-OH is 1. The molecule has 0 bridgehead atoms. The van der Waals surface area contributed by atoms with Crippen LogP contribution in [-0.2, 0) is 9.59 Å². The molecule has 184 valence electrons. The van der Waals surface area contributed by atoms with Crippen LogP contribution in [0.2, 0.25) is 0 Å². The lowest BCUT2D eigenvalue weighted by molar-refractivity contribution is -0.143. The fraction of sp³-hybridized carbons (Fsp3) is 0.385. The molecule has 0 aliphatic carbocycles. The highest BCUT2D eigenvalue weighted by Crippen LogP contribution is 2.31. The molecule has 3 heterocycles. The highest BCUT2D eigenvalue weighted by atomic mass is 16.7. The highest BCUT2D eigenvalue weighted by molar-refractivity contribution is 5.91. The van der Waals surface area contributed by atoms with E-state index >= 15 is 0 Å². The summed E-state index contributed by atoms with van der Waals surface area (Å²) in [6, 6.07) is 12.0. The van der Waals surface area contributed by atoms with Gasteiger partial charge in [0.1, 0.15) is 17.7 Å². The molecule has 1 aromatic carbocycles. The third kappa shape index (κ3) is 5.35. The Bertz CT molecular complexity index is 1190. The van der Waals surface area contributed by atoms with E-state index in [1.807, 2.05) is 45.0 Å². The first kappa shape index (κ1) is 24.4. The number of rotatable bonds is 7. The van der Waals surface area contributed by atoms with Crippen molar-refractivity contribution in [3.8, 4) is 16.9 Å². The van der Waals surface area contributed by atoms with Crippen LogP contribution in [0.5, 0.6) is 5.75 Å². The molecule has 2 amide bonds. The van der Waals surface area contributed by atoms with Crippen molar-refractivity contribution in [3.63, 3.8) is 0 Å². The Balaban J connectivity index is 1.43. The monoisotopic (exact) mass is 478 g/mol. The van der Waals surface area contributed by atoms with Crippen LogP contribution in [-0.4, -0.2) is 50.7 Å². The van der Waals surface area contributed by atoms with Gasteiger partial charge in [-0.1, -0.05) is 37.2 Å². The predicted molar refractivity (Wildman–Crippen MR) is 128 cm³/mol. The number of benzene rings is 1. The zero-order valence-corrected chi connectivity index (χ0v) is 20.3. The van der Waals surface area contributed by atoms with Gasteiger partial charge in [0, 0.05) is 36.5 Å². The molecule has 2 aromatic heterocycles. The number of likely N-dealkylation sites (tertiary alicyclic amines) is 1. The average Bonchev–Trinajstić information content (AvgIpc) is 3.43. The van der Waals surface area contributed by atoms with Crippen molar-refractivity contribution >= 4 is 11.8 Å². The molecule has 0 unspecified atom stereocenters. The van der Waals surface area contributed by atoms with Gasteiger partial charge < -0.3 is 19.4 Å². The molecule has 9 heteroatoms. The second-order valence-corrected chi connectivity index (χ2v) is 9.22. The number of nitrogens with one attached hydrogen (secondary N) is 1. The van der Waals surface area contributed by atoms with E-state index in [2.05, 4.69) is 15.6 Å². The lowest BCUT2D eigenvalue weighted by atomic mass is 9.91. The zero-order chi connectivity index (χ0) is 25.1. The van der Waals surface area contributed by atoms with Crippen molar-refractivity contribution in [1.29, 1.82) is 0 Å². The minimum atomic E-state index is -0.861. The summed E-state index contributed by atoms with van der Waals surface area (Å²) < 4.78 is 5.36. The fourth-order valence-corrected chi connectivity index (χ4v) is 4.42. The van der Waals surface area contributed by atoms with Crippen molar-refractivity contribution in [2.45, 2.75) is 52.2 Å². The van der Waals surface area contributed by atoms with Crippen LogP contribution in [0.4, 0.5) is 0 Å². The Morgan fingerprint density at radius 2 is 1.94 bits per heavy atom. The summed E-state index contributed by atoms with van der Waals surface area (Å²) in [6.45, 7) is 7.60. The molecule has 1 aliphatic rings. The lowest BCUT2D eigenvalue weighted by Crippen LogP contribution is -2.48. The van der Waals surface area contributed by atoms with Gasteiger partial charge in [0.05, 0.1) is 11.8 Å². The SMILES string of the molecule is Cc1cc([C@@H](C(=O)N2C[C@H](O)C[C@H]2C(=O)NOc2ccc(-c3cccnc3C)cc2)C(C)C)on1. The summed E-state index contributed by atoms with van der Waals surface area (Å²) in [7, 11) is 0. The molecule has 2 N–H and O–H groups in total. The largest absolute Gasteiger partial charge is 0.391 e. The zero-order valence-electron chi connectivity index (χ0n) is 20.3. The van der Waals surface area contributed by atoms with Gasteiger partial charge in [-0.2, -0.15) is 5.48 Å². The number of carbonyl (C=O) groups is 2. The molecule has 9 nitrogen and oxygen atoms in total. The number of aliphatic hydroxyl groups is 1. The lowest BCUT2D eigenvalue weighted by Gasteiger charge is -2.28. The number of β-amino-alcohol motifs (C(OH)–C–C–N with tert-alkyl or cyclic N) is 1. The first-order chi connectivity index (χ1) is 16.7. The number of hydroxylamine groups is 1. The summed E-state index contributed by atoms with van der Waals surface area (Å²) in [5.41, 5.74) is 6.02. The Labute approximate surface area is 204 Å². The second kappa shape index (κ2) is 10.3. The summed E-state index contributed by atoms with van der Waals surface area (Å²) in [5.74, 6) is -0.599. The summed E-state index contributed by atoms with van der Waals surface area (Å²) >= 11 is 0. The second-order valence-electron chi connectivity index (χ2n) is 9.22. The molecule has 1 fully saturated rings. The van der Waals surface area contributed by atoms with Crippen LogP contribution in [0.25, 0.3) is 11.1 Å². The maximum atomic E-state index is 13.4. The van der Waals surface area contributed by atoms with Crippen molar-refractivity contribution in [2.24, 2.45) is 5.92 Å². The Morgan fingerprint density at radius 1 is 1.20 bits per heavy atom. The number of nitrogens with zero attached hydrogens (tertiary/aromatic N) is 3. The van der Waals surface area contributed by atoms with Gasteiger partial charge in [0.25, 0.3) is 5.91 Å². The molecule has 4 rings (SSSR count). The molecule has 35 heavy (non-hydrogen) atoms. The number of aryl methyl sites for hydroxylation is 2.